The van der Waals surface area contributed by atoms with Crippen LogP contribution >= 0.6 is 0 Å². The number of allylic oxidation sites excluding steroid dienone is 3. The summed E-state index contributed by atoms with van der Waals surface area (Å²) in [4.78, 5) is 8.84. The highest BCUT2D eigenvalue weighted by molar-refractivity contribution is 6.03. The van der Waals surface area contributed by atoms with Gasteiger partial charge in [-0.05, 0) is 60.4 Å². The normalized spacial score (nSPS) is 17.9. The number of aliphatic imine (C=N–C) groups is 1. The molecule has 0 saturated heterocycles. The summed E-state index contributed by atoms with van der Waals surface area (Å²) >= 11 is 0. The lowest BCUT2D eigenvalue weighted by Crippen LogP contribution is -2.20. The molecule has 4 rings (SSSR count). The van der Waals surface area contributed by atoms with Gasteiger partial charge >= 0.3 is 0 Å². The summed E-state index contributed by atoms with van der Waals surface area (Å²) < 4.78 is 5.44. The fourth-order valence-electron chi connectivity index (χ4n) is 4.14. The fourth-order valence-corrected chi connectivity index (χ4v) is 4.14. The minimum atomic E-state index is -0.524. The van der Waals surface area contributed by atoms with E-state index in [0.717, 1.165) is 27.5 Å². The highest BCUT2D eigenvalue weighted by Crippen LogP contribution is 2.43. The number of aliphatic hydroxyl groups is 1. The number of hydrogen-bond acceptors (Lipinski definition) is 5. The van der Waals surface area contributed by atoms with Crippen LogP contribution in [0.5, 0.6) is 0 Å². The predicted octanol–water partition coefficient (Wildman–Crippen LogP) is 6.06. The van der Waals surface area contributed by atoms with E-state index in [1.54, 1.807) is 19.3 Å². The van der Waals surface area contributed by atoms with Gasteiger partial charge in [-0.3, -0.25) is 9.98 Å². The van der Waals surface area contributed by atoms with E-state index in [1.807, 2.05) is 32.0 Å². The minimum absolute atomic E-state index is 0.206. The third kappa shape index (κ3) is 3.69. The van der Waals surface area contributed by atoms with Crippen molar-refractivity contribution in [1.29, 1.82) is 5.26 Å². The molecule has 0 aliphatic carbocycles. The van der Waals surface area contributed by atoms with Crippen LogP contribution < -0.4 is 0 Å². The molecule has 5 nitrogen and oxygen atoms in total. The first-order valence-corrected chi connectivity index (χ1v) is 10.2. The Balaban J connectivity index is 1.96. The number of aromatic nitrogens is 1. The average molecular weight is 409 g/mol. The molecule has 0 unspecified atom stereocenters. The zero-order chi connectivity index (χ0) is 22.0. The van der Waals surface area contributed by atoms with Crippen LogP contribution in [-0.2, 0) is 4.74 Å². The van der Waals surface area contributed by atoms with E-state index in [2.05, 4.69) is 46.4 Å². The first-order valence-electron chi connectivity index (χ1n) is 10.2. The highest BCUT2D eigenvalue weighted by atomic mass is 16.6. The van der Waals surface area contributed by atoms with Gasteiger partial charge in [0.05, 0.1) is 35.4 Å². The number of ether oxygens (including phenoxy) is 1. The van der Waals surface area contributed by atoms with Gasteiger partial charge < -0.3 is 9.84 Å². The molecule has 5 heteroatoms. The maximum Gasteiger partial charge on any atom is 0.282 e. The number of fused-ring (bicyclic) bond motifs is 1. The van der Waals surface area contributed by atoms with E-state index in [0.29, 0.717) is 29.2 Å². The number of rotatable bonds is 4. The van der Waals surface area contributed by atoms with Crippen LogP contribution in [0.15, 0.2) is 88.7 Å². The number of nitriles is 1. The van der Waals surface area contributed by atoms with Gasteiger partial charge in [-0.25, -0.2) is 0 Å². The SMILES string of the molecule is CCO/C(O)=C1\C(C)=NC(C)=C(C#N)[C@@H]1c1cnccc1-c1ccc2ccccc2c1. The maximum absolute atomic E-state index is 10.7. The predicted molar refractivity (Wildman–Crippen MR) is 123 cm³/mol. The van der Waals surface area contributed by atoms with Crippen LogP contribution in [0.3, 0.4) is 0 Å². The van der Waals surface area contributed by atoms with Crippen molar-refractivity contribution in [2.24, 2.45) is 4.99 Å². The van der Waals surface area contributed by atoms with Gasteiger partial charge in [0.2, 0.25) is 0 Å². The van der Waals surface area contributed by atoms with Crippen LogP contribution in [-0.4, -0.2) is 22.4 Å². The third-order valence-electron chi connectivity index (χ3n) is 5.55. The molecule has 0 fully saturated rings. The molecule has 1 aliphatic heterocycles. The number of aliphatic hydroxyl groups excluding tert-OH is 1. The van der Waals surface area contributed by atoms with E-state index in [-0.39, 0.29) is 5.95 Å². The van der Waals surface area contributed by atoms with Gasteiger partial charge in [0, 0.05) is 18.1 Å². The Kier molecular flexibility index (Phi) is 5.55. The monoisotopic (exact) mass is 409 g/mol. The van der Waals surface area contributed by atoms with Gasteiger partial charge in [-0.2, -0.15) is 5.26 Å². The number of hydrogen-bond donors (Lipinski definition) is 1. The first-order chi connectivity index (χ1) is 15.0. The standard InChI is InChI=1S/C26H23N3O2/c1-4-31-26(30)24-17(3)29-16(2)22(14-27)25(24)23-15-28-12-11-21(23)20-10-9-18-7-5-6-8-19(18)13-20/h5-13,15,25,30H,4H2,1-3H3/b26-24+/t25-/m1/s1. The molecule has 1 aromatic heterocycles. The van der Waals surface area contributed by atoms with Crippen LogP contribution in [0.4, 0.5) is 0 Å². The summed E-state index contributed by atoms with van der Waals surface area (Å²) in [7, 11) is 0. The smallest absolute Gasteiger partial charge is 0.282 e. The third-order valence-corrected chi connectivity index (χ3v) is 5.55. The van der Waals surface area contributed by atoms with Crippen molar-refractivity contribution >= 4 is 16.5 Å². The van der Waals surface area contributed by atoms with Gasteiger partial charge in [0.25, 0.3) is 5.95 Å². The van der Waals surface area contributed by atoms with E-state index in [9.17, 15) is 10.4 Å². The molecule has 2 heterocycles. The Morgan fingerprint density at radius 2 is 1.90 bits per heavy atom. The Hall–Kier alpha value is -3.91. The Bertz CT molecular complexity index is 1300. The first kappa shape index (κ1) is 20.4. The van der Waals surface area contributed by atoms with Crippen LogP contribution in [0, 0.1) is 11.3 Å². The molecule has 1 N–H and O–H groups in total. The molecule has 154 valence electrons. The lowest BCUT2D eigenvalue weighted by molar-refractivity contribution is 0.0984. The number of nitrogens with zero attached hydrogens (tertiary/aromatic N) is 3. The Labute approximate surface area is 181 Å². The largest absolute Gasteiger partial charge is 0.481 e. The van der Waals surface area contributed by atoms with Crippen molar-refractivity contribution in [2.45, 2.75) is 26.7 Å². The number of pyridine rings is 1. The van der Waals surface area contributed by atoms with Gasteiger partial charge in [-0.15, -0.1) is 0 Å². The molecule has 1 aliphatic rings. The second-order valence-electron chi connectivity index (χ2n) is 7.42. The molecule has 0 amide bonds. The zero-order valence-corrected chi connectivity index (χ0v) is 17.8. The molecule has 0 bridgehead atoms. The Morgan fingerprint density at radius 3 is 2.65 bits per heavy atom. The summed E-state index contributed by atoms with van der Waals surface area (Å²) in [5, 5.41) is 23.0. The van der Waals surface area contributed by atoms with Crippen molar-refractivity contribution in [2.75, 3.05) is 6.61 Å². The summed E-state index contributed by atoms with van der Waals surface area (Å²) in [6.07, 6.45) is 3.50. The van der Waals surface area contributed by atoms with Crippen molar-refractivity contribution in [3.63, 3.8) is 0 Å². The van der Waals surface area contributed by atoms with Gasteiger partial charge in [-0.1, -0.05) is 36.4 Å². The molecule has 0 saturated carbocycles. The molecular weight excluding hydrogens is 386 g/mol. The van der Waals surface area contributed by atoms with E-state index < -0.39 is 5.92 Å². The summed E-state index contributed by atoms with van der Waals surface area (Å²) in [5.41, 5.74) is 5.02. The van der Waals surface area contributed by atoms with Crippen LogP contribution in [0.1, 0.15) is 32.3 Å². The molecule has 31 heavy (non-hydrogen) atoms. The van der Waals surface area contributed by atoms with E-state index >= 15 is 0 Å². The molecule has 2 aromatic carbocycles. The van der Waals surface area contributed by atoms with Crippen molar-refractivity contribution in [1.82, 2.24) is 4.98 Å². The van der Waals surface area contributed by atoms with E-state index in [1.165, 1.54) is 0 Å². The quantitative estimate of drug-likeness (QED) is 0.531. The Morgan fingerprint density at radius 1 is 1.13 bits per heavy atom. The topological polar surface area (TPSA) is 78.5 Å². The molecule has 0 radical (unpaired) electrons. The summed E-state index contributed by atoms with van der Waals surface area (Å²) in [5.74, 6) is -0.730. The summed E-state index contributed by atoms with van der Waals surface area (Å²) in [6, 6.07) is 18.7. The second-order valence-corrected chi connectivity index (χ2v) is 7.42. The van der Waals surface area contributed by atoms with Gasteiger partial charge in [0.15, 0.2) is 0 Å². The average Bonchev–Trinajstić information content (AvgIpc) is 2.78. The highest BCUT2D eigenvalue weighted by Gasteiger charge is 2.34. The van der Waals surface area contributed by atoms with Crippen molar-refractivity contribution in [3.05, 3.63) is 89.3 Å². The van der Waals surface area contributed by atoms with Crippen molar-refractivity contribution in [3.8, 4) is 17.2 Å². The van der Waals surface area contributed by atoms with Crippen LogP contribution in [0.2, 0.25) is 0 Å². The molecule has 3 aromatic rings. The summed E-state index contributed by atoms with van der Waals surface area (Å²) in [6.45, 7) is 5.75. The molecule has 0 spiro atoms. The number of benzene rings is 2. The fraction of sp³-hybridized carbons (Fsp3) is 0.192. The lowest BCUT2D eigenvalue weighted by atomic mass is 9.78. The zero-order valence-electron chi connectivity index (χ0n) is 17.8. The minimum Gasteiger partial charge on any atom is -0.481 e. The maximum atomic E-state index is 10.7. The van der Waals surface area contributed by atoms with Gasteiger partial charge in [0.1, 0.15) is 0 Å². The molecule has 1 atom stereocenters. The van der Waals surface area contributed by atoms with Crippen LogP contribution in [0.25, 0.3) is 21.9 Å². The molecular formula is C26H23N3O2. The lowest BCUT2D eigenvalue weighted by Gasteiger charge is -2.27. The second kappa shape index (κ2) is 8.45. The van der Waals surface area contributed by atoms with E-state index in [4.69, 9.17) is 4.74 Å². The van der Waals surface area contributed by atoms with Crippen molar-refractivity contribution < 1.29 is 9.84 Å².